The molecule has 8 heteroatoms. The number of hydrogen-bond acceptors (Lipinski definition) is 5. The summed E-state index contributed by atoms with van der Waals surface area (Å²) in [7, 11) is 0. The van der Waals surface area contributed by atoms with Crippen molar-refractivity contribution in [2.75, 3.05) is 0 Å². The van der Waals surface area contributed by atoms with Gasteiger partial charge in [-0.15, -0.1) is 0 Å². The number of amides is 1. The van der Waals surface area contributed by atoms with Crippen LogP contribution < -0.4 is 5.56 Å². The van der Waals surface area contributed by atoms with Crippen LogP contribution in [0.2, 0.25) is 0 Å². The fourth-order valence-electron chi connectivity index (χ4n) is 3.77. The lowest BCUT2D eigenvalue weighted by atomic mass is 10.2. The quantitative estimate of drug-likeness (QED) is 0.504. The molecule has 1 aliphatic rings. The Balaban J connectivity index is 1.49. The Morgan fingerprint density at radius 1 is 1.31 bits per heavy atom. The first kappa shape index (κ1) is 17.7. The Morgan fingerprint density at radius 3 is 2.90 bits per heavy atom. The zero-order valence-corrected chi connectivity index (χ0v) is 16.1. The zero-order chi connectivity index (χ0) is 20.0. The van der Waals surface area contributed by atoms with Gasteiger partial charge in [-0.05, 0) is 24.5 Å². The standard InChI is InChI=1S/C21H21N5O3/c1-2-19-23-25(21(28)17-10-18-16(26(17)19)7-9-29-18)13-20(27)24(15-5-6-15)12-14-4-3-8-22-11-14/h3-4,7-11,15H,2,5-6,12-13H2,1H3. The van der Waals surface area contributed by atoms with E-state index in [9.17, 15) is 9.59 Å². The van der Waals surface area contributed by atoms with Gasteiger partial charge in [0, 0.05) is 43.5 Å². The maximum absolute atomic E-state index is 13.1. The zero-order valence-electron chi connectivity index (χ0n) is 16.1. The van der Waals surface area contributed by atoms with Gasteiger partial charge in [-0.2, -0.15) is 5.10 Å². The Labute approximate surface area is 166 Å². The second-order valence-corrected chi connectivity index (χ2v) is 7.38. The molecule has 1 fully saturated rings. The third-order valence-electron chi connectivity index (χ3n) is 5.36. The Kier molecular flexibility index (Phi) is 4.19. The van der Waals surface area contributed by atoms with Gasteiger partial charge in [-0.1, -0.05) is 13.0 Å². The number of rotatable bonds is 6. The smallest absolute Gasteiger partial charge is 0.291 e. The van der Waals surface area contributed by atoms with Gasteiger partial charge in [-0.3, -0.25) is 19.0 Å². The van der Waals surface area contributed by atoms with E-state index in [0.29, 0.717) is 29.9 Å². The van der Waals surface area contributed by atoms with Crippen molar-refractivity contribution in [3.05, 3.63) is 64.7 Å². The predicted molar refractivity (Wildman–Crippen MR) is 106 cm³/mol. The molecule has 0 unspecified atom stereocenters. The fraction of sp³-hybridized carbons (Fsp3) is 0.333. The van der Waals surface area contributed by atoms with Crippen molar-refractivity contribution in [1.29, 1.82) is 0 Å². The van der Waals surface area contributed by atoms with E-state index in [1.165, 1.54) is 4.68 Å². The summed E-state index contributed by atoms with van der Waals surface area (Å²) in [6.07, 6.45) is 7.68. The van der Waals surface area contributed by atoms with Crippen LogP contribution in [0.5, 0.6) is 0 Å². The number of aryl methyl sites for hydroxylation is 1. The fourth-order valence-corrected chi connectivity index (χ4v) is 3.77. The van der Waals surface area contributed by atoms with Crippen molar-refractivity contribution in [2.24, 2.45) is 0 Å². The summed E-state index contributed by atoms with van der Waals surface area (Å²) in [5, 5.41) is 4.50. The summed E-state index contributed by atoms with van der Waals surface area (Å²) < 4.78 is 8.55. The van der Waals surface area contributed by atoms with Crippen LogP contribution in [0.25, 0.3) is 16.6 Å². The van der Waals surface area contributed by atoms with Gasteiger partial charge in [0.2, 0.25) is 5.91 Å². The van der Waals surface area contributed by atoms with Crippen LogP contribution in [0, 0.1) is 0 Å². The van der Waals surface area contributed by atoms with Gasteiger partial charge in [-0.25, -0.2) is 4.68 Å². The monoisotopic (exact) mass is 391 g/mol. The second-order valence-electron chi connectivity index (χ2n) is 7.38. The van der Waals surface area contributed by atoms with Crippen molar-refractivity contribution >= 4 is 22.5 Å². The van der Waals surface area contributed by atoms with Crippen LogP contribution in [-0.4, -0.2) is 36.0 Å². The molecule has 4 aromatic heterocycles. The molecular weight excluding hydrogens is 370 g/mol. The first-order valence-corrected chi connectivity index (χ1v) is 9.82. The summed E-state index contributed by atoms with van der Waals surface area (Å²) in [5.41, 5.74) is 2.61. The molecule has 0 saturated heterocycles. The van der Waals surface area contributed by atoms with E-state index in [-0.39, 0.29) is 24.1 Å². The molecule has 1 saturated carbocycles. The van der Waals surface area contributed by atoms with Crippen molar-refractivity contribution in [2.45, 2.75) is 45.3 Å². The predicted octanol–water partition coefficient (Wildman–Crippen LogP) is 2.39. The maximum atomic E-state index is 13.1. The molecule has 29 heavy (non-hydrogen) atoms. The van der Waals surface area contributed by atoms with Gasteiger partial charge < -0.3 is 9.32 Å². The molecule has 4 heterocycles. The third-order valence-corrected chi connectivity index (χ3v) is 5.36. The second kappa shape index (κ2) is 6.88. The molecule has 0 atom stereocenters. The summed E-state index contributed by atoms with van der Waals surface area (Å²) in [4.78, 5) is 32.1. The van der Waals surface area contributed by atoms with E-state index in [1.807, 2.05) is 34.4 Å². The minimum atomic E-state index is -0.293. The van der Waals surface area contributed by atoms with Crippen LogP contribution >= 0.6 is 0 Å². The molecule has 0 radical (unpaired) electrons. The summed E-state index contributed by atoms with van der Waals surface area (Å²) in [6, 6.07) is 7.58. The molecule has 148 valence electrons. The highest BCUT2D eigenvalue weighted by molar-refractivity contribution is 5.82. The number of aromatic nitrogens is 4. The normalized spacial score (nSPS) is 14.0. The van der Waals surface area contributed by atoms with Crippen molar-refractivity contribution in [1.82, 2.24) is 24.1 Å². The molecule has 4 aromatic rings. The van der Waals surface area contributed by atoms with Gasteiger partial charge in [0.15, 0.2) is 5.58 Å². The van der Waals surface area contributed by atoms with Gasteiger partial charge in [0.1, 0.15) is 17.9 Å². The van der Waals surface area contributed by atoms with Crippen LogP contribution in [-0.2, 0) is 24.3 Å². The van der Waals surface area contributed by atoms with E-state index in [4.69, 9.17) is 4.42 Å². The van der Waals surface area contributed by atoms with Crippen molar-refractivity contribution in [3.8, 4) is 0 Å². The lowest BCUT2D eigenvalue weighted by molar-refractivity contribution is -0.133. The largest absolute Gasteiger partial charge is 0.463 e. The van der Waals surface area contributed by atoms with E-state index in [1.54, 1.807) is 24.7 Å². The molecule has 0 aromatic carbocycles. The first-order valence-electron chi connectivity index (χ1n) is 9.82. The Bertz CT molecular complexity index is 1250. The highest BCUT2D eigenvalue weighted by Crippen LogP contribution is 2.28. The number of nitrogens with zero attached hydrogens (tertiary/aromatic N) is 5. The van der Waals surface area contributed by atoms with Crippen LogP contribution in [0.1, 0.15) is 31.2 Å². The molecule has 0 spiro atoms. The number of hydrogen-bond donors (Lipinski definition) is 0. The minimum Gasteiger partial charge on any atom is -0.463 e. The van der Waals surface area contributed by atoms with Crippen LogP contribution in [0.3, 0.4) is 0 Å². The highest BCUT2D eigenvalue weighted by atomic mass is 16.3. The average Bonchev–Trinajstić information content (AvgIpc) is 3.36. The molecule has 1 aliphatic carbocycles. The summed E-state index contributed by atoms with van der Waals surface area (Å²) in [6.45, 7) is 2.39. The molecule has 1 amide bonds. The highest BCUT2D eigenvalue weighted by Gasteiger charge is 2.33. The number of fused-ring (bicyclic) bond motifs is 3. The number of carbonyl (C=O) groups is 1. The summed E-state index contributed by atoms with van der Waals surface area (Å²) in [5.74, 6) is 0.613. The van der Waals surface area contributed by atoms with E-state index in [0.717, 1.165) is 23.9 Å². The average molecular weight is 391 g/mol. The number of pyridine rings is 1. The van der Waals surface area contributed by atoms with Gasteiger partial charge in [0.05, 0.1) is 11.8 Å². The molecular formula is C21H21N5O3. The molecule has 5 rings (SSSR count). The van der Waals surface area contributed by atoms with Crippen molar-refractivity contribution in [3.63, 3.8) is 0 Å². The van der Waals surface area contributed by atoms with E-state index < -0.39 is 0 Å². The molecule has 0 aliphatic heterocycles. The lowest BCUT2D eigenvalue weighted by Crippen LogP contribution is -2.39. The van der Waals surface area contributed by atoms with Gasteiger partial charge >= 0.3 is 0 Å². The minimum absolute atomic E-state index is 0.0777. The Hall–Kier alpha value is -3.42. The van der Waals surface area contributed by atoms with Crippen LogP contribution in [0.15, 0.2) is 52.1 Å². The lowest BCUT2D eigenvalue weighted by Gasteiger charge is -2.23. The number of carbonyl (C=O) groups excluding carboxylic acids is 1. The maximum Gasteiger partial charge on any atom is 0.291 e. The van der Waals surface area contributed by atoms with E-state index >= 15 is 0 Å². The van der Waals surface area contributed by atoms with E-state index in [2.05, 4.69) is 10.1 Å². The molecule has 0 bridgehead atoms. The Morgan fingerprint density at radius 2 is 2.17 bits per heavy atom. The first-order chi connectivity index (χ1) is 14.2. The number of furan rings is 1. The molecule has 8 nitrogen and oxygen atoms in total. The SMILES string of the molecule is CCc1nn(CC(=O)N(Cc2cccnc2)C2CC2)c(=O)c2cc3occc3n12. The topological polar surface area (TPSA) is 85.6 Å². The summed E-state index contributed by atoms with van der Waals surface area (Å²) >= 11 is 0. The third kappa shape index (κ3) is 3.10. The van der Waals surface area contributed by atoms with Crippen LogP contribution in [0.4, 0.5) is 0 Å². The van der Waals surface area contributed by atoms with Gasteiger partial charge in [0.25, 0.3) is 5.56 Å². The molecule has 0 N–H and O–H groups in total. The van der Waals surface area contributed by atoms with Crippen molar-refractivity contribution < 1.29 is 9.21 Å².